The van der Waals surface area contributed by atoms with Crippen LogP contribution in [0.4, 0.5) is 0 Å². The van der Waals surface area contributed by atoms with Crippen molar-refractivity contribution in [3.63, 3.8) is 0 Å². The average Bonchev–Trinajstić information content (AvgIpc) is 2.32. The van der Waals surface area contributed by atoms with Gasteiger partial charge >= 0.3 is 0 Å². The second-order valence-corrected chi connectivity index (χ2v) is 4.25. The summed E-state index contributed by atoms with van der Waals surface area (Å²) in [6.45, 7) is 1.18. The van der Waals surface area contributed by atoms with Crippen LogP contribution in [0.5, 0.6) is 11.5 Å². The lowest BCUT2D eigenvalue weighted by Gasteiger charge is -2.32. The predicted octanol–water partition coefficient (Wildman–Crippen LogP) is 1.58. The molecule has 2 N–H and O–H groups in total. The Balaban J connectivity index is 1.61. The smallest absolute Gasteiger partial charge is 0.119 e. The average molecular weight is 237 g/mol. The SMILES string of the molecule is COc1ccc(OCCOC2CC(N)C2)cc1. The van der Waals surface area contributed by atoms with Gasteiger partial charge in [0.15, 0.2) is 0 Å². The number of methoxy groups -OCH3 is 1. The summed E-state index contributed by atoms with van der Waals surface area (Å²) in [7, 11) is 1.65. The van der Waals surface area contributed by atoms with Gasteiger partial charge in [-0.25, -0.2) is 0 Å². The highest BCUT2D eigenvalue weighted by Crippen LogP contribution is 2.21. The van der Waals surface area contributed by atoms with Crippen LogP contribution < -0.4 is 15.2 Å². The molecule has 17 heavy (non-hydrogen) atoms. The van der Waals surface area contributed by atoms with Crippen molar-refractivity contribution < 1.29 is 14.2 Å². The van der Waals surface area contributed by atoms with E-state index in [0.717, 1.165) is 24.3 Å². The normalized spacial score (nSPS) is 22.9. The number of ether oxygens (including phenoxy) is 3. The molecule has 1 saturated carbocycles. The van der Waals surface area contributed by atoms with Crippen LogP contribution in [0.25, 0.3) is 0 Å². The lowest BCUT2D eigenvalue weighted by atomic mass is 9.90. The molecule has 0 bridgehead atoms. The molecule has 2 rings (SSSR count). The first-order valence-electron chi connectivity index (χ1n) is 5.92. The third-order valence-corrected chi connectivity index (χ3v) is 2.90. The van der Waals surface area contributed by atoms with Gasteiger partial charge in [-0.15, -0.1) is 0 Å². The van der Waals surface area contributed by atoms with Gasteiger partial charge in [0.05, 0.1) is 19.8 Å². The minimum atomic E-state index is 0.336. The Kier molecular flexibility index (Phi) is 4.23. The number of hydrogen-bond acceptors (Lipinski definition) is 4. The Morgan fingerprint density at radius 3 is 2.35 bits per heavy atom. The van der Waals surface area contributed by atoms with Gasteiger partial charge in [0.25, 0.3) is 0 Å². The van der Waals surface area contributed by atoms with E-state index < -0.39 is 0 Å². The van der Waals surface area contributed by atoms with Gasteiger partial charge in [-0.2, -0.15) is 0 Å². The van der Waals surface area contributed by atoms with Crippen molar-refractivity contribution in [3.8, 4) is 11.5 Å². The largest absolute Gasteiger partial charge is 0.497 e. The molecular weight excluding hydrogens is 218 g/mol. The molecular formula is C13H19NO3. The van der Waals surface area contributed by atoms with Crippen LogP contribution in [-0.4, -0.2) is 32.5 Å². The van der Waals surface area contributed by atoms with Crippen LogP contribution in [0.2, 0.25) is 0 Å². The Morgan fingerprint density at radius 1 is 1.12 bits per heavy atom. The Labute approximate surface area is 102 Å². The minimum absolute atomic E-state index is 0.336. The van der Waals surface area contributed by atoms with Crippen LogP contribution in [0, 0.1) is 0 Å². The molecule has 1 aliphatic carbocycles. The van der Waals surface area contributed by atoms with Crippen molar-refractivity contribution in [2.75, 3.05) is 20.3 Å². The molecule has 0 aromatic heterocycles. The molecule has 0 amide bonds. The molecule has 1 aromatic carbocycles. The summed E-state index contributed by atoms with van der Waals surface area (Å²) in [4.78, 5) is 0. The molecule has 0 aliphatic heterocycles. The van der Waals surface area contributed by atoms with Crippen molar-refractivity contribution in [1.82, 2.24) is 0 Å². The zero-order valence-electron chi connectivity index (χ0n) is 10.1. The molecule has 1 aliphatic rings. The molecule has 1 fully saturated rings. The van der Waals surface area contributed by atoms with Crippen LogP contribution in [0.3, 0.4) is 0 Å². The van der Waals surface area contributed by atoms with Crippen molar-refractivity contribution in [2.24, 2.45) is 5.73 Å². The van der Waals surface area contributed by atoms with Crippen molar-refractivity contribution >= 4 is 0 Å². The van der Waals surface area contributed by atoms with E-state index in [0.29, 0.717) is 25.4 Å². The fourth-order valence-corrected chi connectivity index (χ4v) is 1.79. The summed E-state index contributed by atoms with van der Waals surface area (Å²) in [5.74, 6) is 1.66. The predicted molar refractivity (Wildman–Crippen MR) is 65.4 cm³/mol. The van der Waals surface area contributed by atoms with Crippen molar-refractivity contribution in [3.05, 3.63) is 24.3 Å². The first kappa shape index (κ1) is 12.2. The summed E-state index contributed by atoms with van der Waals surface area (Å²) in [5.41, 5.74) is 5.67. The minimum Gasteiger partial charge on any atom is -0.497 e. The molecule has 0 radical (unpaired) electrons. The molecule has 4 nitrogen and oxygen atoms in total. The van der Waals surface area contributed by atoms with E-state index >= 15 is 0 Å². The molecule has 94 valence electrons. The highest BCUT2D eigenvalue weighted by molar-refractivity contribution is 5.31. The van der Waals surface area contributed by atoms with E-state index in [1.807, 2.05) is 24.3 Å². The quantitative estimate of drug-likeness (QED) is 0.763. The third-order valence-electron chi connectivity index (χ3n) is 2.90. The summed E-state index contributed by atoms with van der Waals surface area (Å²) in [6, 6.07) is 7.86. The molecule has 0 unspecified atom stereocenters. The topological polar surface area (TPSA) is 53.7 Å². The second-order valence-electron chi connectivity index (χ2n) is 4.25. The molecule has 0 saturated heterocycles. The number of hydrogen-bond donors (Lipinski definition) is 1. The van der Waals surface area contributed by atoms with Crippen LogP contribution in [0.15, 0.2) is 24.3 Å². The monoisotopic (exact) mass is 237 g/mol. The highest BCUT2D eigenvalue weighted by Gasteiger charge is 2.26. The molecule has 0 spiro atoms. The van der Waals surface area contributed by atoms with Gasteiger partial charge in [-0.05, 0) is 37.1 Å². The zero-order valence-corrected chi connectivity index (χ0v) is 10.1. The Bertz CT molecular complexity index is 333. The van der Waals surface area contributed by atoms with E-state index in [1.54, 1.807) is 7.11 Å². The van der Waals surface area contributed by atoms with Crippen LogP contribution >= 0.6 is 0 Å². The fraction of sp³-hybridized carbons (Fsp3) is 0.538. The highest BCUT2D eigenvalue weighted by atomic mass is 16.5. The molecule has 4 heteroatoms. The molecule has 0 heterocycles. The Hall–Kier alpha value is -1.26. The third kappa shape index (κ3) is 3.61. The van der Waals surface area contributed by atoms with E-state index in [2.05, 4.69) is 0 Å². The van der Waals surface area contributed by atoms with Crippen LogP contribution in [-0.2, 0) is 4.74 Å². The Morgan fingerprint density at radius 2 is 1.76 bits per heavy atom. The van der Waals surface area contributed by atoms with Gasteiger partial charge in [0.2, 0.25) is 0 Å². The van der Waals surface area contributed by atoms with Gasteiger partial charge in [0.1, 0.15) is 18.1 Å². The summed E-state index contributed by atoms with van der Waals surface area (Å²) in [6.07, 6.45) is 2.29. The standard InChI is InChI=1S/C13H19NO3/c1-15-11-2-4-12(5-3-11)16-6-7-17-13-8-10(14)9-13/h2-5,10,13H,6-9,14H2,1H3. The maximum Gasteiger partial charge on any atom is 0.119 e. The lowest BCUT2D eigenvalue weighted by molar-refractivity contribution is -0.0197. The summed E-state index contributed by atoms with van der Waals surface area (Å²) < 4.78 is 16.2. The first-order valence-corrected chi connectivity index (χ1v) is 5.92. The summed E-state index contributed by atoms with van der Waals surface area (Å²) in [5, 5.41) is 0. The van der Waals surface area contributed by atoms with Crippen molar-refractivity contribution in [1.29, 1.82) is 0 Å². The van der Waals surface area contributed by atoms with E-state index in [9.17, 15) is 0 Å². The van der Waals surface area contributed by atoms with Gasteiger partial charge < -0.3 is 19.9 Å². The van der Waals surface area contributed by atoms with Gasteiger partial charge in [-0.1, -0.05) is 0 Å². The number of nitrogens with two attached hydrogens (primary N) is 1. The maximum absolute atomic E-state index is 5.67. The lowest BCUT2D eigenvalue weighted by Crippen LogP contribution is -2.42. The van der Waals surface area contributed by atoms with E-state index in [4.69, 9.17) is 19.9 Å². The first-order chi connectivity index (χ1) is 8.28. The maximum atomic E-state index is 5.67. The second kappa shape index (κ2) is 5.89. The van der Waals surface area contributed by atoms with Gasteiger partial charge in [-0.3, -0.25) is 0 Å². The number of rotatable bonds is 6. The molecule has 0 atom stereocenters. The van der Waals surface area contributed by atoms with Gasteiger partial charge in [0, 0.05) is 6.04 Å². The zero-order chi connectivity index (χ0) is 12.1. The van der Waals surface area contributed by atoms with Crippen molar-refractivity contribution in [2.45, 2.75) is 25.0 Å². The summed E-state index contributed by atoms with van der Waals surface area (Å²) >= 11 is 0. The number of benzene rings is 1. The molecule has 1 aromatic rings. The van der Waals surface area contributed by atoms with Crippen LogP contribution in [0.1, 0.15) is 12.8 Å². The van der Waals surface area contributed by atoms with E-state index in [1.165, 1.54) is 0 Å². The van der Waals surface area contributed by atoms with E-state index in [-0.39, 0.29) is 0 Å². The fourth-order valence-electron chi connectivity index (χ4n) is 1.79.